The largest absolute Gasteiger partial charge is 0.510 e. The van der Waals surface area contributed by atoms with Crippen molar-refractivity contribution in [2.24, 2.45) is 16.8 Å². The first kappa shape index (κ1) is 26.8. The van der Waals surface area contributed by atoms with Crippen LogP contribution in [0.4, 0.5) is 9.18 Å². The van der Waals surface area contributed by atoms with Gasteiger partial charge in [0, 0.05) is 12.6 Å². The maximum absolute atomic E-state index is 13.9. The molecule has 190 valence electrons. The predicted molar refractivity (Wildman–Crippen MR) is 137 cm³/mol. The number of methoxy groups -OCH3 is 1. The van der Waals surface area contributed by atoms with Crippen LogP contribution in [-0.2, 0) is 9.47 Å². The van der Waals surface area contributed by atoms with Crippen molar-refractivity contribution in [1.82, 2.24) is 9.80 Å². The van der Waals surface area contributed by atoms with Gasteiger partial charge in [0.2, 0.25) is 5.72 Å². The Morgan fingerprint density at radius 1 is 1.32 bits per heavy atom. The Hall–Kier alpha value is -1.80. The van der Waals surface area contributed by atoms with E-state index in [2.05, 4.69) is 30.8 Å². The lowest BCUT2D eigenvalue weighted by Gasteiger charge is -2.41. The Kier molecular flexibility index (Phi) is 9.65. The van der Waals surface area contributed by atoms with Crippen LogP contribution < -0.4 is 0 Å². The SMILES string of the molecule is CCCN1C=NC(CSC)(OC(=O)OC)C1CC1CCC(C(c2cccc(F)c2)N(C)C)CC1. The fourth-order valence-corrected chi connectivity index (χ4v) is 6.52. The molecule has 8 heteroatoms. The number of hydrogen-bond acceptors (Lipinski definition) is 7. The Bertz CT molecular complexity index is 831. The number of hydrogen-bond donors (Lipinski definition) is 0. The maximum atomic E-state index is 13.9. The summed E-state index contributed by atoms with van der Waals surface area (Å²) in [7, 11) is 5.51. The minimum atomic E-state index is -0.910. The number of rotatable bonds is 10. The highest BCUT2D eigenvalue weighted by Crippen LogP contribution is 2.43. The molecule has 34 heavy (non-hydrogen) atoms. The number of benzene rings is 1. The van der Waals surface area contributed by atoms with Crippen LogP contribution in [0, 0.1) is 17.7 Å². The minimum absolute atomic E-state index is 0.00779. The molecule has 0 spiro atoms. The molecule has 3 atom stereocenters. The van der Waals surface area contributed by atoms with Crippen LogP contribution in [0.1, 0.15) is 57.1 Å². The molecule has 3 rings (SSSR count). The van der Waals surface area contributed by atoms with Gasteiger partial charge < -0.3 is 19.3 Å². The maximum Gasteiger partial charge on any atom is 0.510 e. The zero-order chi connectivity index (χ0) is 24.7. The molecule has 6 nitrogen and oxygen atoms in total. The summed E-state index contributed by atoms with van der Waals surface area (Å²) in [5, 5.41) is 0. The lowest BCUT2D eigenvalue weighted by molar-refractivity contribution is -0.0432. The molecule has 1 aromatic carbocycles. The molecule has 0 radical (unpaired) electrons. The van der Waals surface area contributed by atoms with Gasteiger partial charge in [-0.3, -0.25) is 0 Å². The molecule has 0 amide bonds. The van der Waals surface area contributed by atoms with Crippen molar-refractivity contribution in [3.8, 4) is 0 Å². The van der Waals surface area contributed by atoms with E-state index in [0.717, 1.165) is 50.6 Å². The average Bonchev–Trinajstić information content (AvgIpc) is 3.12. The number of carbonyl (C=O) groups is 1. The highest BCUT2D eigenvalue weighted by molar-refractivity contribution is 7.98. The first-order chi connectivity index (χ1) is 16.3. The Morgan fingerprint density at radius 3 is 2.65 bits per heavy atom. The van der Waals surface area contributed by atoms with Crippen LogP contribution in [0.2, 0.25) is 0 Å². The van der Waals surface area contributed by atoms with Gasteiger partial charge >= 0.3 is 6.16 Å². The van der Waals surface area contributed by atoms with E-state index >= 15 is 0 Å². The van der Waals surface area contributed by atoms with Crippen LogP contribution in [-0.4, -0.2) is 73.8 Å². The van der Waals surface area contributed by atoms with Gasteiger partial charge in [-0.25, -0.2) is 14.2 Å². The molecule has 1 saturated carbocycles. The van der Waals surface area contributed by atoms with Gasteiger partial charge in [-0.2, -0.15) is 11.8 Å². The van der Waals surface area contributed by atoms with E-state index in [9.17, 15) is 9.18 Å². The minimum Gasteiger partial charge on any atom is -0.438 e. The van der Waals surface area contributed by atoms with Crippen LogP contribution >= 0.6 is 11.8 Å². The van der Waals surface area contributed by atoms with Crippen LogP contribution in [0.25, 0.3) is 0 Å². The molecule has 1 aromatic rings. The quantitative estimate of drug-likeness (QED) is 0.396. The van der Waals surface area contributed by atoms with Gasteiger partial charge in [-0.05, 0) is 75.6 Å². The van der Waals surface area contributed by atoms with E-state index in [1.54, 1.807) is 17.8 Å². The van der Waals surface area contributed by atoms with Crippen molar-refractivity contribution in [3.63, 3.8) is 0 Å². The van der Waals surface area contributed by atoms with Crippen molar-refractivity contribution in [2.45, 2.75) is 63.3 Å². The summed E-state index contributed by atoms with van der Waals surface area (Å²) >= 11 is 1.63. The first-order valence-corrected chi connectivity index (χ1v) is 13.7. The zero-order valence-electron chi connectivity index (χ0n) is 21.2. The van der Waals surface area contributed by atoms with Gasteiger partial charge in [0.25, 0.3) is 0 Å². The summed E-state index contributed by atoms with van der Waals surface area (Å²) in [6, 6.07) is 7.25. The van der Waals surface area contributed by atoms with Crippen molar-refractivity contribution >= 4 is 24.3 Å². The third-order valence-corrected chi connectivity index (χ3v) is 7.95. The van der Waals surface area contributed by atoms with Gasteiger partial charge in [-0.15, -0.1) is 0 Å². The summed E-state index contributed by atoms with van der Waals surface area (Å²) < 4.78 is 24.6. The lowest BCUT2D eigenvalue weighted by atomic mass is 9.74. The van der Waals surface area contributed by atoms with Crippen molar-refractivity contribution in [3.05, 3.63) is 35.6 Å². The Balaban J connectivity index is 1.71. The second kappa shape index (κ2) is 12.2. The number of ether oxygens (including phenoxy) is 2. The normalized spacial score (nSPS) is 27.7. The van der Waals surface area contributed by atoms with Crippen LogP contribution in [0.5, 0.6) is 0 Å². The highest BCUT2D eigenvalue weighted by Gasteiger charge is 2.49. The summed E-state index contributed by atoms with van der Waals surface area (Å²) in [6.45, 7) is 3.03. The monoisotopic (exact) mass is 493 g/mol. The molecular formula is C26H40FN3O3S. The zero-order valence-corrected chi connectivity index (χ0v) is 22.0. The molecule has 1 fully saturated rings. The second-order valence-electron chi connectivity index (χ2n) is 9.81. The lowest BCUT2D eigenvalue weighted by Crippen LogP contribution is -2.51. The van der Waals surface area contributed by atoms with E-state index in [4.69, 9.17) is 14.5 Å². The molecule has 1 aliphatic carbocycles. The number of halogens is 1. The van der Waals surface area contributed by atoms with E-state index in [-0.39, 0.29) is 17.9 Å². The second-order valence-corrected chi connectivity index (χ2v) is 10.7. The number of thioether (sulfide) groups is 1. The van der Waals surface area contributed by atoms with E-state index in [1.807, 2.05) is 24.7 Å². The third kappa shape index (κ3) is 6.25. The van der Waals surface area contributed by atoms with Gasteiger partial charge in [0.05, 0.1) is 25.2 Å². The molecule has 0 aromatic heterocycles. The Labute approximate surface area is 208 Å². The first-order valence-electron chi connectivity index (χ1n) is 12.3. The van der Waals surface area contributed by atoms with E-state index in [1.165, 1.54) is 13.2 Å². The van der Waals surface area contributed by atoms with Crippen LogP contribution in [0.3, 0.4) is 0 Å². The van der Waals surface area contributed by atoms with Gasteiger partial charge in [0.15, 0.2) is 0 Å². The number of nitrogens with zero attached hydrogens (tertiary/aromatic N) is 3. The summed E-state index contributed by atoms with van der Waals surface area (Å²) in [4.78, 5) is 21.3. The number of aliphatic imine (C=N–C) groups is 1. The molecular weight excluding hydrogens is 453 g/mol. The molecule has 2 aliphatic rings. The topological polar surface area (TPSA) is 54.4 Å². The molecule has 1 heterocycles. The summed E-state index contributed by atoms with van der Waals surface area (Å²) in [5.74, 6) is 1.44. The van der Waals surface area contributed by atoms with Crippen molar-refractivity contribution in [2.75, 3.05) is 39.8 Å². The highest BCUT2D eigenvalue weighted by atomic mass is 32.2. The predicted octanol–water partition coefficient (Wildman–Crippen LogP) is 5.59. The fraction of sp³-hybridized carbons (Fsp3) is 0.692. The average molecular weight is 494 g/mol. The Morgan fingerprint density at radius 2 is 2.06 bits per heavy atom. The fourth-order valence-electron chi connectivity index (χ4n) is 5.78. The van der Waals surface area contributed by atoms with Crippen LogP contribution in [0.15, 0.2) is 29.3 Å². The molecule has 1 aliphatic heterocycles. The van der Waals surface area contributed by atoms with Crippen molar-refractivity contribution < 1.29 is 18.7 Å². The number of carbonyl (C=O) groups excluding carboxylic acids is 1. The smallest absolute Gasteiger partial charge is 0.438 e. The van der Waals surface area contributed by atoms with E-state index < -0.39 is 11.9 Å². The van der Waals surface area contributed by atoms with Gasteiger partial charge in [-0.1, -0.05) is 31.9 Å². The summed E-state index contributed by atoms with van der Waals surface area (Å²) in [6.07, 6.45) is 9.53. The molecule has 0 bridgehead atoms. The molecule has 0 N–H and O–H groups in total. The molecule has 0 saturated heterocycles. The third-order valence-electron chi connectivity index (χ3n) is 7.25. The van der Waals surface area contributed by atoms with Crippen molar-refractivity contribution in [1.29, 1.82) is 0 Å². The molecule has 3 unspecified atom stereocenters. The standard InChI is InChI=1S/C26H40FN3O3S/c1-6-14-30-18-28-26(17-34-5,33-25(31)32-4)23(30)15-19-10-12-20(13-11-19)24(29(2)3)21-8-7-9-22(27)16-21/h7-9,16,18-20,23-24H,6,10-15,17H2,1-5H3. The van der Waals surface area contributed by atoms with E-state index in [0.29, 0.717) is 17.6 Å². The van der Waals surface area contributed by atoms with Gasteiger partial charge in [0.1, 0.15) is 5.82 Å². The summed E-state index contributed by atoms with van der Waals surface area (Å²) in [5.41, 5.74) is 0.143.